The van der Waals surface area contributed by atoms with Crippen molar-refractivity contribution < 1.29 is 9.72 Å². The first kappa shape index (κ1) is 14.6. The monoisotopic (exact) mass is 317 g/mol. The van der Waals surface area contributed by atoms with Gasteiger partial charge in [0.2, 0.25) is 0 Å². The number of non-ortho nitro benzene ring substituents is 1. The van der Waals surface area contributed by atoms with Gasteiger partial charge in [0.25, 0.3) is 5.69 Å². The van der Waals surface area contributed by atoms with Gasteiger partial charge in [-0.2, -0.15) is 0 Å². The zero-order chi connectivity index (χ0) is 15.9. The number of benzene rings is 1. The molecule has 1 fully saturated rings. The summed E-state index contributed by atoms with van der Waals surface area (Å²) in [6, 6.07) is 6.54. The molecule has 0 aliphatic heterocycles. The van der Waals surface area contributed by atoms with E-state index in [2.05, 4.69) is 9.56 Å². The van der Waals surface area contributed by atoms with Crippen LogP contribution in [0.2, 0.25) is 0 Å². The van der Waals surface area contributed by atoms with Crippen LogP contribution in [0.5, 0.6) is 0 Å². The molecule has 0 spiro atoms. The van der Waals surface area contributed by atoms with Crippen LogP contribution >= 0.6 is 11.3 Å². The second-order valence-electron chi connectivity index (χ2n) is 5.34. The quantitative estimate of drug-likeness (QED) is 0.491. The molecule has 114 valence electrons. The van der Waals surface area contributed by atoms with E-state index in [0.717, 1.165) is 28.2 Å². The average Bonchev–Trinajstić information content (AvgIpc) is 3.24. The maximum atomic E-state index is 11.7. The number of Topliss-reactive ketones (excluding diaryl/α,β-unsaturated/α-hetero) is 1. The van der Waals surface area contributed by atoms with Gasteiger partial charge in [0.15, 0.2) is 10.6 Å². The number of nitro groups is 1. The van der Waals surface area contributed by atoms with Gasteiger partial charge in [-0.25, -0.2) is 4.99 Å². The molecule has 1 heterocycles. The number of carbonyl (C=O) groups is 1. The zero-order valence-corrected chi connectivity index (χ0v) is 13.1. The molecule has 1 aliphatic carbocycles. The summed E-state index contributed by atoms with van der Waals surface area (Å²) in [4.78, 5) is 28.1. The fraction of sp³-hybridized carbons (Fsp3) is 0.333. The molecule has 0 bridgehead atoms. The van der Waals surface area contributed by atoms with Gasteiger partial charge in [0.1, 0.15) is 0 Å². The average molecular weight is 317 g/mol. The molecule has 22 heavy (non-hydrogen) atoms. The summed E-state index contributed by atoms with van der Waals surface area (Å²) in [7, 11) is 0. The van der Waals surface area contributed by atoms with E-state index in [0.29, 0.717) is 11.7 Å². The first-order valence-electron chi connectivity index (χ1n) is 6.99. The highest BCUT2D eigenvalue weighted by molar-refractivity contribution is 7.11. The predicted octanol–water partition coefficient (Wildman–Crippen LogP) is 3.54. The molecule has 1 aliphatic rings. The Labute approximate surface area is 130 Å². The number of ketones is 1. The van der Waals surface area contributed by atoms with Crippen molar-refractivity contribution in [2.75, 3.05) is 0 Å². The van der Waals surface area contributed by atoms with Crippen molar-refractivity contribution in [2.24, 2.45) is 4.99 Å². The highest BCUT2D eigenvalue weighted by Gasteiger charge is 2.28. The van der Waals surface area contributed by atoms with E-state index in [1.165, 1.54) is 23.5 Å². The third-order valence-corrected chi connectivity index (χ3v) is 4.86. The Morgan fingerprint density at radius 2 is 2.00 bits per heavy atom. The zero-order valence-electron chi connectivity index (χ0n) is 12.3. The van der Waals surface area contributed by atoms with Gasteiger partial charge in [-0.15, -0.1) is 0 Å². The Balaban J connectivity index is 2.08. The van der Waals surface area contributed by atoms with Gasteiger partial charge in [-0.05, 0) is 31.9 Å². The molecule has 1 aromatic heterocycles. The Kier molecular flexibility index (Phi) is 3.66. The lowest BCUT2D eigenvalue weighted by Gasteiger charge is -2.03. The van der Waals surface area contributed by atoms with Gasteiger partial charge < -0.3 is 4.57 Å². The van der Waals surface area contributed by atoms with Crippen LogP contribution in [0.4, 0.5) is 11.4 Å². The smallest absolute Gasteiger partial charge is 0.269 e. The summed E-state index contributed by atoms with van der Waals surface area (Å²) in [6.07, 6.45) is 2.20. The van der Waals surface area contributed by atoms with Crippen molar-refractivity contribution >= 4 is 28.5 Å². The number of nitrogens with zero attached hydrogens (tertiary/aromatic N) is 3. The molecule has 0 saturated heterocycles. The van der Waals surface area contributed by atoms with Crippen LogP contribution < -0.4 is 4.80 Å². The third-order valence-electron chi connectivity index (χ3n) is 3.61. The van der Waals surface area contributed by atoms with Crippen LogP contribution in [-0.4, -0.2) is 15.3 Å². The lowest BCUT2D eigenvalue weighted by molar-refractivity contribution is -0.384. The molecule has 3 rings (SSSR count). The van der Waals surface area contributed by atoms with Crippen molar-refractivity contribution in [3.05, 3.63) is 49.8 Å². The SMILES string of the molecule is CC(=O)c1sc(=Nc2ccc([N+](=O)[O-])cc2)n(C2CC2)c1C. The molecular weight excluding hydrogens is 302 g/mol. The van der Waals surface area contributed by atoms with Crippen LogP contribution in [0.3, 0.4) is 0 Å². The molecule has 1 aromatic carbocycles. The number of hydrogen-bond donors (Lipinski definition) is 0. The van der Waals surface area contributed by atoms with Gasteiger partial charge in [0, 0.05) is 30.8 Å². The van der Waals surface area contributed by atoms with Crippen molar-refractivity contribution in [2.45, 2.75) is 32.7 Å². The van der Waals surface area contributed by atoms with E-state index in [-0.39, 0.29) is 11.5 Å². The first-order chi connectivity index (χ1) is 10.5. The number of carbonyl (C=O) groups excluding carboxylic acids is 1. The molecule has 0 amide bonds. The maximum Gasteiger partial charge on any atom is 0.269 e. The fourth-order valence-corrected chi connectivity index (χ4v) is 3.50. The third kappa shape index (κ3) is 2.71. The van der Waals surface area contributed by atoms with Gasteiger partial charge in [-0.3, -0.25) is 14.9 Å². The molecular formula is C15H15N3O3S. The van der Waals surface area contributed by atoms with E-state index in [1.54, 1.807) is 19.1 Å². The summed E-state index contributed by atoms with van der Waals surface area (Å²) in [5, 5.41) is 10.7. The van der Waals surface area contributed by atoms with Crippen molar-refractivity contribution in [1.29, 1.82) is 0 Å². The molecule has 7 heteroatoms. The predicted molar refractivity (Wildman–Crippen MR) is 83.6 cm³/mol. The number of thiazole rings is 1. The summed E-state index contributed by atoms with van der Waals surface area (Å²) in [5.41, 5.74) is 1.65. The Bertz CT molecular complexity index is 814. The van der Waals surface area contributed by atoms with E-state index in [4.69, 9.17) is 0 Å². The molecule has 0 N–H and O–H groups in total. The van der Waals surface area contributed by atoms with Crippen LogP contribution in [-0.2, 0) is 0 Å². The highest BCUT2D eigenvalue weighted by Crippen LogP contribution is 2.36. The Morgan fingerprint density at radius 3 is 2.50 bits per heavy atom. The summed E-state index contributed by atoms with van der Waals surface area (Å²) in [5.74, 6) is 0.0436. The van der Waals surface area contributed by atoms with Crippen LogP contribution in [0.15, 0.2) is 29.3 Å². The maximum absolute atomic E-state index is 11.7. The second-order valence-corrected chi connectivity index (χ2v) is 6.32. The minimum atomic E-state index is -0.433. The van der Waals surface area contributed by atoms with Crippen molar-refractivity contribution in [1.82, 2.24) is 4.57 Å². The Hall–Kier alpha value is -2.28. The molecule has 0 radical (unpaired) electrons. The lowest BCUT2D eigenvalue weighted by Crippen LogP contribution is -2.14. The first-order valence-corrected chi connectivity index (χ1v) is 7.81. The largest absolute Gasteiger partial charge is 0.317 e. The van der Waals surface area contributed by atoms with Gasteiger partial charge >= 0.3 is 0 Å². The topological polar surface area (TPSA) is 77.5 Å². The van der Waals surface area contributed by atoms with E-state index < -0.39 is 4.92 Å². The van der Waals surface area contributed by atoms with Crippen LogP contribution in [0.1, 0.15) is 41.2 Å². The minimum Gasteiger partial charge on any atom is -0.317 e. The van der Waals surface area contributed by atoms with Crippen LogP contribution in [0.25, 0.3) is 0 Å². The van der Waals surface area contributed by atoms with Crippen molar-refractivity contribution in [3.63, 3.8) is 0 Å². The summed E-state index contributed by atoms with van der Waals surface area (Å²) in [6.45, 7) is 3.51. The van der Waals surface area contributed by atoms with Crippen molar-refractivity contribution in [3.8, 4) is 0 Å². The normalized spacial score (nSPS) is 15.1. The van der Waals surface area contributed by atoms with Gasteiger partial charge in [0.05, 0.1) is 15.5 Å². The fourth-order valence-electron chi connectivity index (χ4n) is 2.39. The molecule has 6 nitrogen and oxygen atoms in total. The number of hydrogen-bond acceptors (Lipinski definition) is 5. The van der Waals surface area contributed by atoms with E-state index >= 15 is 0 Å². The lowest BCUT2D eigenvalue weighted by atomic mass is 10.3. The Morgan fingerprint density at radius 1 is 1.36 bits per heavy atom. The standard InChI is InChI=1S/C15H15N3O3S/c1-9-14(10(2)19)22-15(17(9)12-7-8-12)16-11-3-5-13(6-4-11)18(20)21/h3-6,12H,7-8H2,1-2H3. The van der Waals surface area contributed by atoms with Crippen LogP contribution in [0, 0.1) is 17.0 Å². The molecule has 0 unspecified atom stereocenters. The molecule has 2 aromatic rings. The number of aromatic nitrogens is 1. The summed E-state index contributed by atoms with van der Waals surface area (Å²) >= 11 is 1.38. The van der Waals surface area contributed by atoms with E-state index in [9.17, 15) is 14.9 Å². The highest BCUT2D eigenvalue weighted by atomic mass is 32.1. The molecule has 0 atom stereocenters. The summed E-state index contributed by atoms with van der Waals surface area (Å²) < 4.78 is 2.11. The number of nitro benzene ring substituents is 1. The van der Waals surface area contributed by atoms with Gasteiger partial charge in [-0.1, -0.05) is 11.3 Å². The minimum absolute atomic E-state index is 0.0424. The number of rotatable bonds is 4. The van der Waals surface area contributed by atoms with E-state index in [1.807, 2.05) is 6.92 Å². The molecule has 1 saturated carbocycles. The second kappa shape index (κ2) is 5.49.